The lowest BCUT2D eigenvalue weighted by Crippen LogP contribution is -2.21. The van der Waals surface area contributed by atoms with Crippen molar-refractivity contribution in [1.29, 1.82) is 0 Å². The Morgan fingerprint density at radius 1 is 0.857 bits per heavy atom. The first-order chi connectivity index (χ1) is 15.7. The molecule has 0 aliphatic heterocycles. The van der Waals surface area contributed by atoms with Gasteiger partial charge in [0.1, 0.15) is 8.47 Å². The van der Waals surface area contributed by atoms with E-state index in [1.54, 1.807) is 13.0 Å². The summed E-state index contributed by atoms with van der Waals surface area (Å²) in [5.74, 6) is 0.236. The second-order valence-corrected chi connectivity index (χ2v) is 34.4. The van der Waals surface area contributed by atoms with Crippen molar-refractivity contribution in [2.75, 3.05) is 0 Å². The van der Waals surface area contributed by atoms with E-state index in [0.29, 0.717) is 12.1 Å². The molecule has 0 N–H and O–H groups in total. The van der Waals surface area contributed by atoms with Crippen molar-refractivity contribution >= 4 is 169 Å². The maximum absolute atomic E-state index is 12.3. The van der Waals surface area contributed by atoms with E-state index in [1.165, 1.54) is 29.2 Å². The highest BCUT2D eigenvalue weighted by Crippen LogP contribution is 2.44. The quantitative estimate of drug-likeness (QED) is 0.203. The second-order valence-electron chi connectivity index (χ2n) is 6.40. The van der Waals surface area contributed by atoms with Gasteiger partial charge in [-0.05, 0) is 120 Å². The number of aryl methyl sites for hydroxylation is 1. The molecule has 194 valence electrons. The van der Waals surface area contributed by atoms with Crippen molar-refractivity contribution in [3.05, 3.63) is 42.0 Å². The van der Waals surface area contributed by atoms with E-state index in [2.05, 4.69) is 163 Å². The van der Waals surface area contributed by atoms with Gasteiger partial charge in [0.25, 0.3) is 5.78 Å². The number of sulfone groups is 2. The predicted octanol–water partition coefficient (Wildman–Crippen LogP) is 7.03. The summed E-state index contributed by atoms with van der Waals surface area (Å²) >= 11 is 28.1. The summed E-state index contributed by atoms with van der Waals surface area (Å²) in [6.45, 7) is 1.69. The first kappa shape index (κ1) is 33.1. The number of aromatic nitrogens is 5. The van der Waals surface area contributed by atoms with E-state index in [4.69, 9.17) is 0 Å². The number of halogens is 9. The molecule has 0 fully saturated rings. The van der Waals surface area contributed by atoms with Gasteiger partial charge in [0.05, 0.1) is 0 Å². The first-order valence-corrected chi connectivity index (χ1v) is 18.6. The normalized spacial score (nSPS) is 13.4. The predicted molar refractivity (Wildman–Crippen MR) is 166 cm³/mol. The molecule has 0 unspecified atom stereocenters. The van der Waals surface area contributed by atoms with Crippen molar-refractivity contribution in [2.45, 2.75) is 28.5 Å². The lowest BCUT2D eigenvalue weighted by molar-refractivity contribution is 0.589. The van der Waals surface area contributed by atoms with Gasteiger partial charge in [-0.25, -0.2) is 26.8 Å². The number of alkyl halides is 9. The summed E-state index contributed by atoms with van der Waals surface area (Å²) in [4.78, 5) is 11.9. The van der Waals surface area contributed by atoms with Crippen LogP contribution in [0.4, 0.5) is 0 Å². The van der Waals surface area contributed by atoms with E-state index in [0.717, 1.165) is 5.56 Å². The molecular formula is C15H10Br9N5O4S2. The maximum atomic E-state index is 12.3. The van der Waals surface area contributed by atoms with Crippen LogP contribution in [0.3, 0.4) is 0 Å². The van der Waals surface area contributed by atoms with E-state index in [9.17, 15) is 16.8 Å². The van der Waals surface area contributed by atoms with Crippen LogP contribution in [0.1, 0.15) is 11.3 Å². The van der Waals surface area contributed by atoms with E-state index >= 15 is 0 Å². The Morgan fingerprint density at radius 3 is 1.89 bits per heavy atom. The SMILES string of the molecule is Cc1cc(S(=O)(=O)C(Br)(Br)Br)n2ncnc2n1.O=S(=O)(c1ccc(CC(Br)(Br)Br)cn1)C(Br)(Br)Br. The topological polar surface area (TPSA) is 124 Å². The van der Waals surface area contributed by atoms with Crippen LogP contribution in [0.2, 0.25) is 0 Å². The molecule has 0 bridgehead atoms. The van der Waals surface area contributed by atoms with Gasteiger partial charge < -0.3 is 0 Å². The Balaban J connectivity index is 0.000000247. The fourth-order valence-corrected chi connectivity index (χ4v) is 7.78. The van der Waals surface area contributed by atoms with Gasteiger partial charge in [-0.1, -0.05) is 53.9 Å². The Bertz CT molecular complexity index is 1410. The van der Waals surface area contributed by atoms with Crippen molar-refractivity contribution < 1.29 is 16.8 Å². The van der Waals surface area contributed by atoms with Crippen LogP contribution in [0.15, 0.2) is 40.8 Å². The Morgan fingerprint density at radius 2 is 1.43 bits per heavy atom. The molecule has 3 aromatic rings. The molecule has 0 amide bonds. The molecule has 20 heteroatoms. The zero-order valence-corrected chi connectivity index (χ0v) is 32.6. The molecule has 0 radical (unpaired) electrons. The van der Waals surface area contributed by atoms with Crippen LogP contribution in [-0.2, 0) is 26.1 Å². The maximum Gasteiger partial charge on any atom is 0.253 e. The Labute approximate surface area is 276 Å². The van der Waals surface area contributed by atoms with Crippen LogP contribution < -0.4 is 0 Å². The molecule has 0 saturated heterocycles. The molecule has 35 heavy (non-hydrogen) atoms. The van der Waals surface area contributed by atoms with Gasteiger partial charge in [0, 0.05) is 18.3 Å². The first-order valence-electron chi connectivity index (χ1n) is 8.48. The minimum absolute atomic E-state index is 0.0110. The van der Waals surface area contributed by atoms with Gasteiger partial charge >= 0.3 is 0 Å². The van der Waals surface area contributed by atoms with Gasteiger partial charge in [0.15, 0.2) is 10.1 Å². The smallest absolute Gasteiger partial charge is 0.244 e. The third-order valence-electron chi connectivity index (χ3n) is 3.71. The van der Waals surface area contributed by atoms with Crippen molar-refractivity contribution in [1.82, 2.24) is 24.6 Å². The number of pyridine rings is 1. The zero-order chi connectivity index (χ0) is 27.0. The number of rotatable bonds is 3. The fourth-order valence-electron chi connectivity index (χ4n) is 2.23. The molecule has 0 aliphatic carbocycles. The van der Waals surface area contributed by atoms with Crippen LogP contribution in [0.5, 0.6) is 0 Å². The van der Waals surface area contributed by atoms with E-state index in [1.807, 2.05) is 0 Å². The molecule has 0 aliphatic rings. The van der Waals surface area contributed by atoms with E-state index < -0.39 is 24.8 Å². The van der Waals surface area contributed by atoms with Crippen LogP contribution in [0.25, 0.3) is 5.78 Å². The summed E-state index contributed by atoms with van der Waals surface area (Å²) in [6.07, 6.45) is 3.37. The van der Waals surface area contributed by atoms with Gasteiger partial charge in [-0.2, -0.15) is 14.6 Å². The van der Waals surface area contributed by atoms with Crippen molar-refractivity contribution in [3.8, 4) is 0 Å². The molecule has 3 aromatic heterocycles. The highest BCUT2D eigenvalue weighted by atomic mass is 80.0. The van der Waals surface area contributed by atoms with Crippen molar-refractivity contribution in [2.24, 2.45) is 0 Å². The fraction of sp³-hybridized carbons (Fsp3) is 0.333. The summed E-state index contributed by atoms with van der Waals surface area (Å²) in [5.41, 5.74) is 1.42. The molecular weight excluding hydrogens is 1100 g/mol. The molecule has 0 aromatic carbocycles. The second kappa shape index (κ2) is 12.2. The summed E-state index contributed by atoms with van der Waals surface area (Å²) in [6, 6.07) is 4.59. The standard InChI is InChI=1S/C8H5Br6NO2S.C7H5Br3N4O2S/c9-7(10,11)3-5-1-2-6(15-4-5)18(16,17)8(12,13)14;1-4-2-5(17(15,16)7(8,9)10)14-6(13-4)11-3-12-14/h1-2,4H,3H2;2-3H,1H3. The highest BCUT2D eigenvalue weighted by molar-refractivity contribution is 9.42. The lowest BCUT2D eigenvalue weighted by Gasteiger charge is -2.14. The minimum Gasteiger partial charge on any atom is -0.244 e. The number of hydrogen-bond donors (Lipinski definition) is 0. The lowest BCUT2D eigenvalue weighted by atomic mass is 10.2. The monoisotopic (exact) mass is 1100 g/mol. The van der Waals surface area contributed by atoms with Gasteiger partial charge in [-0.3, -0.25) is 0 Å². The molecule has 3 rings (SSSR count). The van der Waals surface area contributed by atoms with Crippen LogP contribution in [0, 0.1) is 6.92 Å². The average molecular weight is 1110 g/mol. The molecule has 3 heterocycles. The third-order valence-corrected chi connectivity index (χ3v) is 15.1. The number of hydrogen-bond acceptors (Lipinski definition) is 8. The zero-order valence-electron chi connectivity index (χ0n) is 16.7. The minimum atomic E-state index is -3.72. The molecule has 0 spiro atoms. The number of fused-ring (bicyclic) bond motifs is 1. The third kappa shape index (κ3) is 8.70. The summed E-state index contributed by atoms with van der Waals surface area (Å²) in [7, 11) is -7.36. The highest BCUT2D eigenvalue weighted by Gasteiger charge is 2.40. The average Bonchev–Trinajstić information content (AvgIpc) is 3.13. The molecule has 0 atom stereocenters. The Kier molecular flexibility index (Phi) is 11.5. The summed E-state index contributed by atoms with van der Waals surface area (Å²) in [5, 5.41) is 3.80. The van der Waals surface area contributed by atoms with Crippen LogP contribution in [-0.4, -0.2) is 46.5 Å². The molecule has 9 nitrogen and oxygen atoms in total. The van der Waals surface area contributed by atoms with Gasteiger partial charge in [0.2, 0.25) is 22.6 Å². The van der Waals surface area contributed by atoms with Crippen LogP contribution >= 0.6 is 143 Å². The summed E-state index contributed by atoms with van der Waals surface area (Å²) < 4.78 is 46.5. The van der Waals surface area contributed by atoms with E-state index in [-0.39, 0.29) is 15.8 Å². The Hall–Kier alpha value is 1.92. The van der Waals surface area contributed by atoms with Crippen molar-refractivity contribution in [3.63, 3.8) is 0 Å². The molecule has 0 saturated carbocycles. The number of nitrogens with zero attached hydrogens (tertiary/aromatic N) is 5. The van der Waals surface area contributed by atoms with Gasteiger partial charge in [-0.15, -0.1) is 0 Å². The largest absolute Gasteiger partial charge is 0.253 e.